The molecule has 0 bridgehead atoms. The lowest BCUT2D eigenvalue weighted by molar-refractivity contribution is 0.0697. The maximum absolute atomic E-state index is 13.2. The first-order valence-electron chi connectivity index (χ1n) is 4.97. The van der Waals surface area contributed by atoms with Crippen LogP contribution in [0.25, 0.3) is 11.1 Å². The van der Waals surface area contributed by atoms with Crippen molar-refractivity contribution in [3.05, 3.63) is 58.6 Å². The van der Waals surface area contributed by atoms with E-state index in [4.69, 9.17) is 16.7 Å². The topological polar surface area (TPSA) is 37.3 Å². The Kier molecular flexibility index (Phi) is 3.30. The third kappa shape index (κ3) is 2.33. The third-order valence-electron chi connectivity index (χ3n) is 2.45. The molecule has 0 atom stereocenters. The molecule has 2 aromatic carbocycles. The molecule has 0 aromatic heterocycles. The van der Waals surface area contributed by atoms with Crippen molar-refractivity contribution in [1.82, 2.24) is 0 Å². The zero-order valence-electron chi connectivity index (χ0n) is 8.95. The second-order valence-electron chi connectivity index (χ2n) is 3.64. The van der Waals surface area contributed by atoms with Gasteiger partial charge in [-0.25, -0.2) is 13.6 Å². The maximum Gasteiger partial charge on any atom is 0.335 e. The van der Waals surface area contributed by atoms with Crippen LogP contribution in [0.3, 0.4) is 0 Å². The SMILES string of the molecule is O=C(O)c1ccc(-c2cc(F)c(F)c(Cl)c2)cc1. The Bertz CT molecular complexity index is 586. The lowest BCUT2D eigenvalue weighted by Crippen LogP contribution is -1.95. The van der Waals surface area contributed by atoms with Crippen molar-refractivity contribution in [1.29, 1.82) is 0 Å². The van der Waals surface area contributed by atoms with Crippen LogP contribution >= 0.6 is 11.6 Å². The average Bonchev–Trinajstić information content (AvgIpc) is 2.35. The minimum absolute atomic E-state index is 0.118. The Hall–Kier alpha value is -1.94. The molecular formula is C13H7ClF2O2. The van der Waals surface area contributed by atoms with Gasteiger partial charge in [-0.15, -0.1) is 0 Å². The summed E-state index contributed by atoms with van der Waals surface area (Å²) in [5.74, 6) is -3.19. The summed E-state index contributed by atoms with van der Waals surface area (Å²) in [6.07, 6.45) is 0. The van der Waals surface area contributed by atoms with Gasteiger partial charge in [0.05, 0.1) is 10.6 Å². The number of benzene rings is 2. The molecule has 0 unspecified atom stereocenters. The molecule has 2 aromatic rings. The Morgan fingerprint density at radius 1 is 1.06 bits per heavy atom. The maximum atomic E-state index is 13.2. The molecule has 0 aliphatic rings. The standard InChI is InChI=1S/C13H7ClF2O2/c14-10-5-9(6-11(15)12(10)16)7-1-3-8(4-2-7)13(17)18/h1-6H,(H,17,18). The van der Waals surface area contributed by atoms with E-state index < -0.39 is 17.6 Å². The van der Waals surface area contributed by atoms with Gasteiger partial charge in [0.1, 0.15) is 0 Å². The minimum atomic E-state index is -1.09. The van der Waals surface area contributed by atoms with E-state index in [0.29, 0.717) is 11.1 Å². The van der Waals surface area contributed by atoms with E-state index in [1.54, 1.807) is 0 Å². The van der Waals surface area contributed by atoms with Gasteiger partial charge in [-0.3, -0.25) is 0 Å². The Balaban J connectivity index is 2.46. The number of rotatable bonds is 2. The van der Waals surface area contributed by atoms with Crippen LogP contribution in [-0.2, 0) is 0 Å². The summed E-state index contributed by atoms with van der Waals surface area (Å²) in [6.45, 7) is 0. The van der Waals surface area contributed by atoms with Crippen LogP contribution in [0.1, 0.15) is 10.4 Å². The molecular weight excluding hydrogens is 262 g/mol. The first-order valence-corrected chi connectivity index (χ1v) is 5.35. The van der Waals surface area contributed by atoms with Gasteiger partial charge in [-0.1, -0.05) is 23.7 Å². The molecule has 0 radical (unpaired) electrons. The number of carboxylic acids is 1. The van der Waals surface area contributed by atoms with Gasteiger partial charge in [-0.05, 0) is 35.4 Å². The molecule has 2 nitrogen and oxygen atoms in total. The Morgan fingerprint density at radius 3 is 2.17 bits per heavy atom. The minimum Gasteiger partial charge on any atom is -0.478 e. The number of carboxylic acid groups (broad SMARTS) is 1. The Morgan fingerprint density at radius 2 is 1.67 bits per heavy atom. The zero-order chi connectivity index (χ0) is 13.3. The molecule has 5 heteroatoms. The van der Waals surface area contributed by atoms with Crippen LogP contribution in [-0.4, -0.2) is 11.1 Å². The molecule has 0 fully saturated rings. The van der Waals surface area contributed by atoms with Crippen molar-refractivity contribution >= 4 is 17.6 Å². The van der Waals surface area contributed by atoms with Crippen molar-refractivity contribution in [2.24, 2.45) is 0 Å². The average molecular weight is 269 g/mol. The highest BCUT2D eigenvalue weighted by molar-refractivity contribution is 6.31. The molecule has 0 aliphatic carbocycles. The number of carbonyl (C=O) groups is 1. The van der Waals surface area contributed by atoms with Gasteiger partial charge in [0.25, 0.3) is 0 Å². The van der Waals surface area contributed by atoms with Gasteiger partial charge in [-0.2, -0.15) is 0 Å². The molecule has 0 amide bonds. The second-order valence-corrected chi connectivity index (χ2v) is 4.04. The molecule has 18 heavy (non-hydrogen) atoms. The first kappa shape index (κ1) is 12.5. The fourth-order valence-electron chi connectivity index (χ4n) is 1.53. The predicted molar refractivity (Wildman–Crippen MR) is 63.8 cm³/mol. The molecule has 92 valence electrons. The van der Waals surface area contributed by atoms with Crippen LogP contribution in [0.4, 0.5) is 8.78 Å². The van der Waals surface area contributed by atoms with E-state index >= 15 is 0 Å². The van der Waals surface area contributed by atoms with Crippen LogP contribution in [0.2, 0.25) is 5.02 Å². The summed E-state index contributed by atoms with van der Waals surface area (Å²) in [4.78, 5) is 10.7. The molecule has 0 saturated heterocycles. The number of hydrogen-bond donors (Lipinski definition) is 1. The van der Waals surface area contributed by atoms with E-state index in [1.165, 1.54) is 30.3 Å². The zero-order valence-corrected chi connectivity index (χ0v) is 9.71. The van der Waals surface area contributed by atoms with Crippen molar-refractivity contribution in [2.75, 3.05) is 0 Å². The van der Waals surface area contributed by atoms with Crippen molar-refractivity contribution < 1.29 is 18.7 Å². The lowest BCUT2D eigenvalue weighted by Gasteiger charge is -2.04. The second kappa shape index (κ2) is 4.74. The van der Waals surface area contributed by atoms with Crippen molar-refractivity contribution in [2.45, 2.75) is 0 Å². The largest absolute Gasteiger partial charge is 0.478 e. The smallest absolute Gasteiger partial charge is 0.335 e. The van der Waals surface area contributed by atoms with E-state index in [1.807, 2.05) is 0 Å². The quantitative estimate of drug-likeness (QED) is 0.837. The highest BCUT2D eigenvalue weighted by atomic mass is 35.5. The molecule has 1 N–H and O–H groups in total. The highest BCUT2D eigenvalue weighted by Crippen LogP contribution is 2.27. The summed E-state index contributed by atoms with van der Waals surface area (Å²) in [6, 6.07) is 8.07. The van der Waals surface area contributed by atoms with Crippen LogP contribution in [0, 0.1) is 11.6 Å². The van der Waals surface area contributed by atoms with Gasteiger partial charge >= 0.3 is 5.97 Å². The van der Waals surface area contributed by atoms with Gasteiger partial charge in [0.2, 0.25) is 0 Å². The summed E-state index contributed by atoms with van der Waals surface area (Å²) in [5.41, 5.74) is 1.06. The van der Waals surface area contributed by atoms with Crippen LogP contribution in [0.15, 0.2) is 36.4 Å². The van der Waals surface area contributed by atoms with Crippen molar-refractivity contribution in [3.8, 4) is 11.1 Å². The first-order chi connectivity index (χ1) is 8.49. The monoisotopic (exact) mass is 268 g/mol. The van der Waals surface area contributed by atoms with E-state index in [2.05, 4.69) is 0 Å². The third-order valence-corrected chi connectivity index (χ3v) is 2.72. The van der Waals surface area contributed by atoms with Crippen molar-refractivity contribution in [3.63, 3.8) is 0 Å². The molecule has 0 aliphatic heterocycles. The fraction of sp³-hybridized carbons (Fsp3) is 0. The Labute approximate surface area is 106 Å². The lowest BCUT2D eigenvalue weighted by atomic mass is 10.0. The van der Waals surface area contributed by atoms with Gasteiger partial charge < -0.3 is 5.11 Å². The number of halogens is 3. The molecule has 0 saturated carbocycles. The summed E-state index contributed by atoms with van der Waals surface area (Å²) >= 11 is 5.54. The summed E-state index contributed by atoms with van der Waals surface area (Å²) in [7, 11) is 0. The number of aromatic carboxylic acids is 1. The van der Waals surface area contributed by atoms with Gasteiger partial charge in [0, 0.05) is 0 Å². The molecule has 0 heterocycles. The molecule has 0 spiro atoms. The van der Waals surface area contributed by atoms with E-state index in [9.17, 15) is 13.6 Å². The summed E-state index contributed by atoms with van der Waals surface area (Å²) in [5, 5.41) is 8.43. The van der Waals surface area contributed by atoms with Crippen LogP contribution in [0.5, 0.6) is 0 Å². The van der Waals surface area contributed by atoms with E-state index in [-0.39, 0.29) is 10.6 Å². The predicted octanol–water partition coefficient (Wildman–Crippen LogP) is 3.98. The van der Waals surface area contributed by atoms with Gasteiger partial charge in [0.15, 0.2) is 11.6 Å². The fourth-order valence-corrected chi connectivity index (χ4v) is 1.74. The van der Waals surface area contributed by atoms with E-state index in [0.717, 1.165) is 6.07 Å². The number of hydrogen-bond acceptors (Lipinski definition) is 1. The molecule has 2 rings (SSSR count). The summed E-state index contributed by atoms with van der Waals surface area (Å²) < 4.78 is 26.2. The normalized spacial score (nSPS) is 10.4. The van der Waals surface area contributed by atoms with Crippen LogP contribution < -0.4 is 0 Å². The highest BCUT2D eigenvalue weighted by Gasteiger charge is 2.10.